The number of H-pyrrole nitrogens is 1. The fourth-order valence-corrected chi connectivity index (χ4v) is 2.79. The Morgan fingerprint density at radius 1 is 1.15 bits per heavy atom. The largest absolute Gasteiger partial charge is 0.493 e. The first-order valence-electron chi connectivity index (χ1n) is 8.55. The molecule has 1 N–H and O–H groups in total. The normalized spacial score (nSPS) is 11.3. The number of ether oxygens (including phenoxy) is 2. The van der Waals surface area contributed by atoms with Crippen molar-refractivity contribution in [3.8, 4) is 28.6 Å². The first-order valence-corrected chi connectivity index (χ1v) is 8.55. The second-order valence-corrected chi connectivity index (χ2v) is 5.87. The summed E-state index contributed by atoms with van der Waals surface area (Å²) in [6.45, 7) is 2.44. The number of fused-ring (bicyclic) bond motifs is 1. The zero-order valence-electron chi connectivity index (χ0n) is 15.1. The highest BCUT2D eigenvalue weighted by atomic mass is 16.5. The third-order valence-corrected chi connectivity index (χ3v) is 4.16. The Balaban J connectivity index is 1.70. The average Bonchev–Trinajstić information content (AvgIpc) is 3.37. The number of nitrogens with one attached hydrogen (secondary N) is 1. The molecule has 0 aliphatic carbocycles. The molecular formula is C20H19N5O2. The number of aromatic nitrogens is 5. The molecule has 2 aromatic carbocycles. The number of imidazole rings is 1. The van der Waals surface area contributed by atoms with Crippen LogP contribution in [0.4, 0.5) is 0 Å². The third kappa shape index (κ3) is 3.39. The van der Waals surface area contributed by atoms with E-state index in [9.17, 15) is 0 Å². The van der Waals surface area contributed by atoms with Crippen LogP contribution < -0.4 is 9.47 Å². The fraction of sp³-hybridized carbons (Fsp3) is 0.150. The van der Waals surface area contributed by atoms with Gasteiger partial charge >= 0.3 is 0 Å². The topological polar surface area (TPSA) is 77.9 Å². The van der Waals surface area contributed by atoms with Crippen LogP contribution >= 0.6 is 0 Å². The van der Waals surface area contributed by atoms with Gasteiger partial charge in [0.05, 0.1) is 23.8 Å². The lowest BCUT2D eigenvalue weighted by atomic mass is 10.2. The van der Waals surface area contributed by atoms with Crippen LogP contribution in [0.25, 0.3) is 28.1 Å². The molecular weight excluding hydrogens is 342 g/mol. The maximum absolute atomic E-state index is 5.80. The van der Waals surface area contributed by atoms with Gasteiger partial charge in [0.25, 0.3) is 0 Å². The molecule has 0 amide bonds. The average molecular weight is 361 g/mol. The van der Waals surface area contributed by atoms with E-state index in [2.05, 4.69) is 20.1 Å². The highest BCUT2D eigenvalue weighted by molar-refractivity contribution is 5.81. The molecule has 2 aromatic heterocycles. The summed E-state index contributed by atoms with van der Waals surface area (Å²) >= 11 is 0. The van der Waals surface area contributed by atoms with Crippen molar-refractivity contribution in [2.75, 3.05) is 13.7 Å². The van der Waals surface area contributed by atoms with Gasteiger partial charge in [0, 0.05) is 5.56 Å². The molecule has 0 atom stereocenters. The second kappa shape index (κ2) is 7.33. The summed E-state index contributed by atoms with van der Waals surface area (Å²) in [4.78, 5) is 12.0. The van der Waals surface area contributed by atoms with E-state index in [0.717, 1.165) is 28.1 Å². The van der Waals surface area contributed by atoms with Crippen molar-refractivity contribution in [3.05, 3.63) is 61.2 Å². The standard InChI is InChI=1S/C20H19N5O2/c1-3-4-9-27-19-10-14(5-8-18(19)26-2)20-23-16-7-6-15(11-17(16)24-20)25-13-21-12-22-25/h3-8,10-13H,9H2,1-2H3,(H,23,24)/b4-3+. The quantitative estimate of drug-likeness (QED) is 0.529. The van der Waals surface area contributed by atoms with E-state index in [1.165, 1.54) is 6.33 Å². The Morgan fingerprint density at radius 2 is 2.07 bits per heavy atom. The van der Waals surface area contributed by atoms with E-state index < -0.39 is 0 Å². The highest BCUT2D eigenvalue weighted by Gasteiger charge is 2.11. The van der Waals surface area contributed by atoms with Gasteiger partial charge in [-0.15, -0.1) is 0 Å². The van der Waals surface area contributed by atoms with Crippen LogP contribution in [0.3, 0.4) is 0 Å². The summed E-state index contributed by atoms with van der Waals surface area (Å²) in [5.74, 6) is 2.13. The zero-order chi connectivity index (χ0) is 18.6. The maximum Gasteiger partial charge on any atom is 0.162 e. The molecule has 0 spiro atoms. The monoisotopic (exact) mass is 361 g/mol. The molecule has 7 nitrogen and oxygen atoms in total. The predicted molar refractivity (Wildman–Crippen MR) is 103 cm³/mol. The lowest BCUT2D eigenvalue weighted by Gasteiger charge is -2.10. The van der Waals surface area contributed by atoms with Crippen molar-refractivity contribution < 1.29 is 9.47 Å². The minimum atomic E-state index is 0.484. The summed E-state index contributed by atoms with van der Waals surface area (Å²) in [5, 5.41) is 4.16. The molecule has 0 saturated carbocycles. The van der Waals surface area contributed by atoms with Crippen molar-refractivity contribution in [1.29, 1.82) is 0 Å². The fourth-order valence-electron chi connectivity index (χ4n) is 2.79. The minimum absolute atomic E-state index is 0.484. The number of nitrogens with zero attached hydrogens (tertiary/aromatic N) is 4. The molecule has 4 rings (SSSR count). The van der Waals surface area contributed by atoms with Gasteiger partial charge in [0.2, 0.25) is 0 Å². The number of allylic oxidation sites excluding steroid dienone is 1. The summed E-state index contributed by atoms with van der Waals surface area (Å²) in [6, 6.07) is 11.7. The molecule has 0 fully saturated rings. The van der Waals surface area contributed by atoms with Gasteiger partial charge in [-0.2, -0.15) is 5.10 Å². The van der Waals surface area contributed by atoms with Gasteiger partial charge in [0.1, 0.15) is 25.1 Å². The Hall–Kier alpha value is -3.61. The van der Waals surface area contributed by atoms with Crippen LogP contribution in [0, 0.1) is 0 Å². The van der Waals surface area contributed by atoms with Gasteiger partial charge < -0.3 is 14.5 Å². The van der Waals surface area contributed by atoms with Gasteiger partial charge in [-0.1, -0.05) is 12.2 Å². The molecule has 7 heteroatoms. The Bertz CT molecular complexity index is 1080. The van der Waals surface area contributed by atoms with E-state index >= 15 is 0 Å². The van der Waals surface area contributed by atoms with E-state index in [1.807, 2.05) is 55.5 Å². The summed E-state index contributed by atoms with van der Waals surface area (Å²) < 4.78 is 12.9. The Kier molecular flexibility index (Phi) is 4.57. The molecule has 0 radical (unpaired) electrons. The molecule has 2 heterocycles. The molecule has 0 aliphatic rings. The highest BCUT2D eigenvalue weighted by Crippen LogP contribution is 2.32. The van der Waals surface area contributed by atoms with Crippen molar-refractivity contribution in [2.45, 2.75) is 6.92 Å². The van der Waals surface area contributed by atoms with Crippen LogP contribution in [0.2, 0.25) is 0 Å². The number of methoxy groups -OCH3 is 1. The molecule has 0 aliphatic heterocycles. The van der Waals surface area contributed by atoms with Gasteiger partial charge in [-0.3, -0.25) is 0 Å². The van der Waals surface area contributed by atoms with Crippen LogP contribution in [-0.4, -0.2) is 38.4 Å². The molecule has 4 aromatic rings. The van der Waals surface area contributed by atoms with E-state index in [4.69, 9.17) is 9.47 Å². The van der Waals surface area contributed by atoms with Crippen LogP contribution in [-0.2, 0) is 0 Å². The van der Waals surface area contributed by atoms with E-state index in [1.54, 1.807) is 18.1 Å². The van der Waals surface area contributed by atoms with Gasteiger partial charge in [-0.05, 0) is 43.3 Å². The molecule has 0 saturated heterocycles. The second-order valence-electron chi connectivity index (χ2n) is 5.87. The number of aromatic amines is 1. The van der Waals surface area contributed by atoms with Crippen molar-refractivity contribution in [2.24, 2.45) is 0 Å². The summed E-state index contributed by atoms with van der Waals surface area (Å²) in [5.41, 5.74) is 3.64. The first kappa shape index (κ1) is 16.8. The number of rotatable bonds is 6. The van der Waals surface area contributed by atoms with Crippen molar-refractivity contribution >= 4 is 11.0 Å². The van der Waals surface area contributed by atoms with Gasteiger partial charge in [-0.25, -0.2) is 14.6 Å². The summed E-state index contributed by atoms with van der Waals surface area (Å²) in [7, 11) is 1.63. The predicted octanol–water partition coefficient (Wildman–Crippen LogP) is 3.77. The molecule has 0 bridgehead atoms. The van der Waals surface area contributed by atoms with Crippen molar-refractivity contribution in [1.82, 2.24) is 24.7 Å². The number of benzene rings is 2. The smallest absolute Gasteiger partial charge is 0.162 e. The van der Waals surface area contributed by atoms with Crippen LogP contribution in [0.5, 0.6) is 11.5 Å². The number of hydrogen-bond donors (Lipinski definition) is 1. The van der Waals surface area contributed by atoms with Crippen LogP contribution in [0.1, 0.15) is 6.92 Å². The minimum Gasteiger partial charge on any atom is -0.493 e. The lowest BCUT2D eigenvalue weighted by Crippen LogP contribution is -1.97. The Morgan fingerprint density at radius 3 is 2.85 bits per heavy atom. The molecule has 136 valence electrons. The van der Waals surface area contributed by atoms with Gasteiger partial charge in [0.15, 0.2) is 11.5 Å². The maximum atomic E-state index is 5.80. The van der Waals surface area contributed by atoms with E-state index in [0.29, 0.717) is 18.1 Å². The first-order chi connectivity index (χ1) is 13.3. The van der Waals surface area contributed by atoms with Crippen LogP contribution in [0.15, 0.2) is 61.2 Å². The third-order valence-electron chi connectivity index (χ3n) is 4.16. The molecule has 0 unspecified atom stereocenters. The Labute approximate surface area is 156 Å². The lowest BCUT2D eigenvalue weighted by molar-refractivity contribution is 0.326. The zero-order valence-corrected chi connectivity index (χ0v) is 15.1. The van der Waals surface area contributed by atoms with Crippen molar-refractivity contribution in [3.63, 3.8) is 0 Å². The molecule has 27 heavy (non-hydrogen) atoms. The number of hydrogen-bond acceptors (Lipinski definition) is 5. The summed E-state index contributed by atoms with van der Waals surface area (Å²) in [6.07, 6.45) is 7.06. The van der Waals surface area contributed by atoms with E-state index in [-0.39, 0.29) is 0 Å². The SMILES string of the molecule is C/C=C/COc1cc(-c2nc3ccc(-n4cncn4)cc3[nH]2)ccc1OC.